The molecule has 5 heteroatoms. The normalized spacial score (nSPS) is 24.8. The number of hydrogen-bond acceptors (Lipinski definition) is 3. The maximum atomic E-state index is 12.8. The van der Waals surface area contributed by atoms with Gasteiger partial charge in [0, 0.05) is 17.8 Å². The molecule has 0 aliphatic carbocycles. The molecule has 1 aliphatic rings. The quantitative estimate of drug-likeness (QED) is 0.866. The van der Waals surface area contributed by atoms with Crippen LogP contribution in [0.25, 0.3) is 0 Å². The third-order valence-electron chi connectivity index (χ3n) is 4.00. The molecule has 0 bridgehead atoms. The second-order valence-electron chi connectivity index (χ2n) is 5.34. The molecule has 1 aromatic rings. The van der Waals surface area contributed by atoms with Crippen LogP contribution in [0.4, 0.5) is 5.69 Å². The summed E-state index contributed by atoms with van der Waals surface area (Å²) < 4.78 is 27.2. The zero-order chi connectivity index (χ0) is 14.2. The van der Waals surface area contributed by atoms with Gasteiger partial charge < -0.3 is 5.73 Å². The van der Waals surface area contributed by atoms with Gasteiger partial charge in [-0.05, 0) is 56.9 Å². The molecular weight excluding hydrogens is 260 g/mol. The Morgan fingerprint density at radius 3 is 2.63 bits per heavy atom. The van der Waals surface area contributed by atoms with Gasteiger partial charge in [-0.1, -0.05) is 6.92 Å². The maximum absolute atomic E-state index is 12.8. The average molecular weight is 282 g/mol. The van der Waals surface area contributed by atoms with Crippen molar-refractivity contribution in [2.45, 2.75) is 57.0 Å². The molecule has 2 atom stereocenters. The molecule has 0 aromatic heterocycles. The van der Waals surface area contributed by atoms with Gasteiger partial charge in [0.1, 0.15) is 0 Å². The van der Waals surface area contributed by atoms with Crippen molar-refractivity contribution in [3.05, 3.63) is 23.8 Å². The van der Waals surface area contributed by atoms with E-state index >= 15 is 0 Å². The van der Waals surface area contributed by atoms with Crippen LogP contribution in [-0.2, 0) is 10.0 Å². The van der Waals surface area contributed by atoms with Gasteiger partial charge in [-0.25, -0.2) is 8.42 Å². The number of sulfonamides is 1. The number of anilines is 1. The van der Waals surface area contributed by atoms with E-state index in [9.17, 15) is 8.42 Å². The van der Waals surface area contributed by atoms with Crippen LogP contribution in [0.15, 0.2) is 23.1 Å². The fourth-order valence-electron chi connectivity index (χ4n) is 2.80. The Labute approximate surface area is 115 Å². The van der Waals surface area contributed by atoms with Gasteiger partial charge in [0.2, 0.25) is 10.0 Å². The minimum atomic E-state index is -3.41. The average Bonchev–Trinajstić information content (AvgIpc) is 2.74. The van der Waals surface area contributed by atoms with Crippen molar-refractivity contribution in [2.24, 2.45) is 0 Å². The number of benzene rings is 1. The smallest absolute Gasteiger partial charge is 0.243 e. The highest BCUT2D eigenvalue weighted by Gasteiger charge is 2.39. The van der Waals surface area contributed by atoms with E-state index in [-0.39, 0.29) is 12.1 Å². The molecule has 1 saturated heterocycles. The molecule has 106 valence electrons. The zero-order valence-electron chi connectivity index (χ0n) is 11.8. The van der Waals surface area contributed by atoms with Gasteiger partial charge in [-0.15, -0.1) is 0 Å². The Balaban J connectivity index is 2.43. The van der Waals surface area contributed by atoms with Crippen LogP contribution in [0, 0.1) is 6.92 Å². The first-order valence-corrected chi connectivity index (χ1v) is 8.21. The summed E-state index contributed by atoms with van der Waals surface area (Å²) in [6.45, 7) is 5.86. The van der Waals surface area contributed by atoms with E-state index in [4.69, 9.17) is 5.73 Å². The summed E-state index contributed by atoms with van der Waals surface area (Å²) in [5.74, 6) is 0. The fourth-order valence-corrected chi connectivity index (χ4v) is 4.83. The summed E-state index contributed by atoms with van der Waals surface area (Å²) in [6, 6.07) is 5.15. The molecule has 0 amide bonds. The number of nitrogens with two attached hydrogens (primary N) is 1. The first kappa shape index (κ1) is 14.3. The van der Waals surface area contributed by atoms with Crippen molar-refractivity contribution in [2.75, 3.05) is 5.73 Å². The lowest BCUT2D eigenvalue weighted by Gasteiger charge is -2.27. The zero-order valence-corrected chi connectivity index (χ0v) is 12.6. The van der Waals surface area contributed by atoms with Crippen molar-refractivity contribution in [3.63, 3.8) is 0 Å². The number of nitrogen functional groups attached to an aromatic ring is 1. The van der Waals surface area contributed by atoms with E-state index in [1.807, 2.05) is 20.8 Å². The van der Waals surface area contributed by atoms with Crippen LogP contribution in [-0.4, -0.2) is 24.8 Å². The topological polar surface area (TPSA) is 63.4 Å². The highest BCUT2D eigenvalue weighted by molar-refractivity contribution is 7.89. The Kier molecular flexibility index (Phi) is 3.87. The lowest BCUT2D eigenvalue weighted by molar-refractivity contribution is 0.328. The largest absolute Gasteiger partial charge is 0.399 e. The second kappa shape index (κ2) is 5.13. The lowest BCUT2D eigenvalue weighted by atomic mass is 10.2. The van der Waals surface area contributed by atoms with Crippen LogP contribution < -0.4 is 5.73 Å². The van der Waals surface area contributed by atoms with Gasteiger partial charge in [-0.3, -0.25) is 0 Å². The van der Waals surface area contributed by atoms with Crippen molar-refractivity contribution in [1.29, 1.82) is 0 Å². The number of hydrogen-bond donors (Lipinski definition) is 1. The monoisotopic (exact) mass is 282 g/mol. The molecule has 2 rings (SSSR count). The SMILES string of the molecule is CCC1CCC(C)N1S(=O)(=O)c1ccc(N)c(C)c1. The second-order valence-corrected chi connectivity index (χ2v) is 7.18. The third kappa shape index (κ3) is 2.49. The van der Waals surface area contributed by atoms with Gasteiger partial charge in [-0.2, -0.15) is 4.31 Å². The van der Waals surface area contributed by atoms with Crippen LogP contribution >= 0.6 is 0 Å². The number of rotatable bonds is 3. The summed E-state index contributed by atoms with van der Waals surface area (Å²) in [7, 11) is -3.41. The molecule has 1 aromatic carbocycles. The first-order chi connectivity index (χ1) is 8.87. The van der Waals surface area contributed by atoms with Crippen molar-refractivity contribution in [1.82, 2.24) is 4.31 Å². The predicted octanol–water partition coefficient (Wildman–Crippen LogP) is 2.53. The third-order valence-corrected chi connectivity index (χ3v) is 6.06. The lowest BCUT2D eigenvalue weighted by Crippen LogP contribution is -2.39. The first-order valence-electron chi connectivity index (χ1n) is 6.77. The molecule has 1 aliphatic heterocycles. The predicted molar refractivity (Wildman–Crippen MR) is 77.4 cm³/mol. The van der Waals surface area contributed by atoms with Crippen molar-refractivity contribution < 1.29 is 8.42 Å². The molecule has 0 spiro atoms. The van der Waals surface area contributed by atoms with Gasteiger partial charge >= 0.3 is 0 Å². The molecule has 0 radical (unpaired) electrons. The number of aryl methyl sites for hydroxylation is 1. The molecule has 4 nitrogen and oxygen atoms in total. The Hall–Kier alpha value is -1.07. The molecule has 1 fully saturated rings. The minimum Gasteiger partial charge on any atom is -0.399 e. The standard InChI is InChI=1S/C14H22N2O2S/c1-4-12-6-5-11(3)16(12)19(17,18)13-7-8-14(15)10(2)9-13/h7-9,11-12H,4-6,15H2,1-3H3. The van der Waals surface area contributed by atoms with E-state index in [1.54, 1.807) is 22.5 Å². The van der Waals surface area contributed by atoms with Crippen LogP contribution in [0.5, 0.6) is 0 Å². The van der Waals surface area contributed by atoms with E-state index < -0.39 is 10.0 Å². The van der Waals surface area contributed by atoms with Crippen LogP contribution in [0.2, 0.25) is 0 Å². The minimum absolute atomic E-state index is 0.0767. The maximum Gasteiger partial charge on any atom is 0.243 e. The molecule has 19 heavy (non-hydrogen) atoms. The molecular formula is C14H22N2O2S. The Morgan fingerprint density at radius 1 is 1.37 bits per heavy atom. The molecule has 1 heterocycles. The summed E-state index contributed by atoms with van der Waals surface area (Å²) in [6.07, 6.45) is 2.74. The summed E-state index contributed by atoms with van der Waals surface area (Å²) in [4.78, 5) is 0.353. The Bertz CT molecular complexity index is 569. The van der Waals surface area contributed by atoms with Crippen molar-refractivity contribution >= 4 is 15.7 Å². The van der Waals surface area contributed by atoms with E-state index in [0.29, 0.717) is 10.6 Å². The summed E-state index contributed by atoms with van der Waals surface area (Å²) >= 11 is 0. The van der Waals surface area contributed by atoms with Gasteiger partial charge in [0.25, 0.3) is 0 Å². The van der Waals surface area contributed by atoms with E-state index in [0.717, 1.165) is 24.8 Å². The molecule has 0 saturated carbocycles. The van der Waals surface area contributed by atoms with Crippen LogP contribution in [0.1, 0.15) is 38.7 Å². The molecule has 2 N–H and O–H groups in total. The van der Waals surface area contributed by atoms with Gasteiger partial charge in [0.15, 0.2) is 0 Å². The summed E-state index contributed by atoms with van der Waals surface area (Å²) in [5, 5.41) is 0. The van der Waals surface area contributed by atoms with Gasteiger partial charge in [0.05, 0.1) is 4.90 Å². The molecule has 2 unspecified atom stereocenters. The summed E-state index contributed by atoms with van der Waals surface area (Å²) in [5.41, 5.74) is 7.19. The van der Waals surface area contributed by atoms with E-state index in [2.05, 4.69) is 0 Å². The number of nitrogens with zero attached hydrogens (tertiary/aromatic N) is 1. The fraction of sp³-hybridized carbons (Fsp3) is 0.571. The van der Waals surface area contributed by atoms with Crippen molar-refractivity contribution in [3.8, 4) is 0 Å². The van der Waals surface area contributed by atoms with E-state index in [1.165, 1.54) is 0 Å². The van der Waals surface area contributed by atoms with Crippen LogP contribution in [0.3, 0.4) is 0 Å². The Morgan fingerprint density at radius 2 is 2.05 bits per heavy atom. The highest BCUT2D eigenvalue weighted by Crippen LogP contribution is 2.33. The highest BCUT2D eigenvalue weighted by atomic mass is 32.2.